The molecule has 0 aliphatic heterocycles. The van der Waals surface area contributed by atoms with Crippen LogP contribution >= 0.6 is 22.6 Å². The Balaban J connectivity index is 3.15. The lowest BCUT2D eigenvalue weighted by molar-refractivity contribution is -0.385. The Morgan fingerprint density at radius 3 is 2.80 bits per heavy atom. The van der Waals surface area contributed by atoms with Gasteiger partial charge in [-0.05, 0) is 22.6 Å². The molecule has 0 saturated heterocycles. The molecule has 4 heteroatoms. The molecule has 1 aromatic carbocycles. The van der Waals surface area contributed by atoms with Gasteiger partial charge in [0.15, 0.2) is 0 Å². The summed E-state index contributed by atoms with van der Waals surface area (Å²) in [5, 5.41) is 10.2. The van der Waals surface area contributed by atoms with Crippen molar-refractivity contribution in [2.45, 2.75) is 0 Å². The molecule has 51 valence electrons. The van der Waals surface area contributed by atoms with Crippen molar-refractivity contribution in [3.05, 3.63) is 37.9 Å². The zero-order valence-electron chi connectivity index (χ0n) is 4.87. The van der Waals surface area contributed by atoms with Gasteiger partial charge < -0.3 is 0 Å². The number of halogens is 1. The van der Waals surface area contributed by atoms with E-state index in [4.69, 9.17) is 0 Å². The molecule has 1 aromatic rings. The van der Waals surface area contributed by atoms with Crippen molar-refractivity contribution in [3.8, 4) is 0 Å². The molecule has 0 N–H and O–H groups in total. The van der Waals surface area contributed by atoms with Crippen LogP contribution in [0.15, 0.2) is 18.2 Å². The van der Waals surface area contributed by atoms with E-state index in [0.29, 0.717) is 3.57 Å². The fourth-order valence-corrected chi connectivity index (χ4v) is 1.11. The van der Waals surface area contributed by atoms with Gasteiger partial charge in [0, 0.05) is 12.1 Å². The first kappa shape index (κ1) is 7.46. The van der Waals surface area contributed by atoms with E-state index in [0.717, 1.165) is 0 Å². The molecule has 1 rings (SSSR count). The van der Waals surface area contributed by atoms with Gasteiger partial charge in [-0.1, -0.05) is 12.1 Å². The third kappa shape index (κ3) is 1.44. The quantitative estimate of drug-likeness (QED) is 0.433. The normalized spacial score (nSPS) is 9.30. The summed E-state index contributed by atoms with van der Waals surface area (Å²) in [4.78, 5) is 9.78. The number of nitro groups is 1. The summed E-state index contributed by atoms with van der Waals surface area (Å²) < 4.78 is 0.546. The third-order valence-electron chi connectivity index (χ3n) is 0.982. The number of hydrogen-bond acceptors (Lipinski definition) is 2. The number of hydrogen-bond donors (Lipinski definition) is 0. The summed E-state index contributed by atoms with van der Waals surface area (Å²) in [6.07, 6.45) is 0. The van der Waals surface area contributed by atoms with Gasteiger partial charge in [0.2, 0.25) is 0 Å². The highest BCUT2D eigenvalue weighted by molar-refractivity contribution is 14.1. The molecule has 0 spiro atoms. The Morgan fingerprint density at radius 2 is 2.40 bits per heavy atom. The van der Waals surface area contributed by atoms with E-state index in [1.165, 1.54) is 6.07 Å². The van der Waals surface area contributed by atoms with Crippen LogP contribution < -0.4 is 0 Å². The Bertz CT molecular complexity index is 262. The lowest BCUT2D eigenvalue weighted by Gasteiger charge is -1.90. The second kappa shape index (κ2) is 2.96. The number of benzene rings is 1. The largest absolute Gasteiger partial charge is 0.283 e. The highest BCUT2D eigenvalue weighted by atomic mass is 127. The molecule has 0 unspecified atom stereocenters. The Labute approximate surface area is 71.3 Å². The average Bonchev–Trinajstić information content (AvgIpc) is 1.88. The summed E-state index contributed by atoms with van der Waals surface area (Å²) >= 11 is 1.88. The van der Waals surface area contributed by atoms with Crippen LogP contribution in [-0.2, 0) is 0 Å². The van der Waals surface area contributed by atoms with E-state index in [9.17, 15) is 10.1 Å². The van der Waals surface area contributed by atoms with Crippen molar-refractivity contribution in [1.82, 2.24) is 0 Å². The number of nitrogens with zero attached hydrogens (tertiary/aromatic N) is 1. The van der Waals surface area contributed by atoms with Gasteiger partial charge >= 0.3 is 0 Å². The minimum Gasteiger partial charge on any atom is -0.258 e. The Hall–Kier alpha value is -0.650. The maximum absolute atomic E-state index is 10.2. The van der Waals surface area contributed by atoms with Crippen LogP contribution in [0.1, 0.15) is 0 Å². The molecular formula is C6H3INO2. The monoisotopic (exact) mass is 248 g/mol. The molecule has 0 aromatic heterocycles. The summed E-state index contributed by atoms with van der Waals surface area (Å²) in [6.45, 7) is 0. The smallest absolute Gasteiger partial charge is 0.258 e. The van der Waals surface area contributed by atoms with E-state index >= 15 is 0 Å². The van der Waals surface area contributed by atoms with E-state index in [2.05, 4.69) is 6.07 Å². The molecule has 1 radical (unpaired) electrons. The van der Waals surface area contributed by atoms with E-state index in [-0.39, 0.29) is 5.69 Å². The molecule has 0 atom stereocenters. The maximum Gasteiger partial charge on any atom is 0.283 e. The first-order valence-electron chi connectivity index (χ1n) is 2.52. The molecule has 0 aliphatic carbocycles. The average molecular weight is 248 g/mol. The first-order valence-corrected chi connectivity index (χ1v) is 3.60. The van der Waals surface area contributed by atoms with E-state index in [1.54, 1.807) is 12.1 Å². The van der Waals surface area contributed by atoms with Crippen LogP contribution in [0.3, 0.4) is 0 Å². The van der Waals surface area contributed by atoms with Crippen molar-refractivity contribution in [2.24, 2.45) is 0 Å². The lowest BCUT2D eigenvalue weighted by atomic mass is 10.3. The molecule has 0 amide bonds. The first-order chi connectivity index (χ1) is 4.72. The van der Waals surface area contributed by atoms with Gasteiger partial charge in [0.25, 0.3) is 5.69 Å². The van der Waals surface area contributed by atoms with Crippen molar-refractivity contribution in [2.75, 3.05) is 0 Å². The molecule has 10 heavy (non-hydrogen) atoms. The topological polar surface area (TPSA) is 43.1 Å². The predicted molar refractivity (Wildman–Crippen MR) is 44.6 cm³/mol. The van der Waals surface area contributed by atoms with Crippen molar-refractivity contribution in [1.29, 1.82) is 0 Å². The molecule has 0 heterocycles. The summed E-state index contributed by atoms with van der Waals surface area (Å²) in [5.41, 5.74) is 0.114. The van der Waals surface area contributed by atoms with Crippen LogP contribution in [-0.4, -0.2) is 4.92 Å². The van der Waals surface area contributed by atoms with Gasteiger partial charge in [-0.15, -0.1) is 0 Å². The van der Waals surface area contributed by atoms with Crippen LogP contribution in [0.25, 0.3) is 0 Å². The molecule has 3 nitrogen and oxygen atoms in total. The second-order valence-electron chi connectivity index (χ2n) is 1.63. The predicted octanol–water partition coefficient (Wildman–Crippen LogP) is 2.00. The number of rotatable bonds is 1. The minimum atomic E-state index is -0.418. The van der Waals surface area contributed by atoms with Crippen LogP contribution in [0.5, 0.6) is 0 Å². The minimum absolute atomic E-state index is 0.114. The fourth-order valence-electron chi connectivity index (χ4n) is 0.549. The standard InChI is InChI=1S/C6H3INO2/c7-5-3-1-2-4-6(5)8(9)10/h1-2,4H. The maximum atomic E-state index is 10.2. The molecule has 0 bridgehead atoms. The molecule has 0 fully saturated rings. The molecular weight excluding hydrogens is 245 g/mol. The van der Waals surface area contributed by atoms with Crippen molar-refractivity contribution < 1.29 is 4.92 Å². The van der Waals surface area contributed by atoms with Gasteiger partial charge in [0.05, 0.1) is 8.49 Å². The van der Waals surface area contributed by atoms with Crippen LogP contribution in [0, 0.1) is 19.8 Å². The highest BCUT2D eigenvalue weighted by Gasteiger charge is 2.08. The Morgan fingerprint density at radius 1 is 1.70 bits per heavy atom. The SMILES string of the molecule is O=[N+]([O-])c1ccc[c]c1I. The van der Waals surface area contributed by atoms with Gasteiger partial charge in [-0.2, -0.15) is 0 Å². The van der Waals surface area contributed by atoms with Crippen LogP contribution in [0.4, 0.5) is 5.69 Å². The molecule has 0 aliphatic rings. The van der Waals surface area contributed by atoms with Crippen molar-refractivity contribution in [3.63, 3.8) is 0 Å². The van der Waals surface area contributed by atoms with E-state index < -0.39 is 4.92 Å². The fraction of sp³-hybridized carbons (Fsp3) is 0. The summed E-state index contributed by atoms with van der Waals surface area (Å²) in [5.74, 6) is 0. The number of nitro benzene ring substituents is 1. The molecule has 0 saturated carbocycles. The van der Waals surface area contributed by atoms with Gasteiger partial charge in [-0.3, -0.25) is 10.1 Å². The van der Waals surface area contributed by atoms with Crippen molar-refractivity contribution >= 4 is 28.3 Å². The highest BCUT2D eigenvalue weighted by Crippen LogP contribution is 2.17. The summed E-state index contributed by atoms with van der Waals surface area (Å²) in [7, 11) is 0. The van der Waals surface area contributed by atoms with Gasteiger partial charge in [-0.25, -0.2) is 0 Å². The van der Waals surface area contributed by atoms with Gasteiger partial charge in [0.1, 0.15) is 0 Å². The second-order valence-corrected chi connectivity index (χ2v) is 2.71. The third-order valence-corrected chi connectivity index (χ3v) is 1.85. The summed E-state index contributed by atoms with van der Waals surface area (Å²) in [6, 6.07) is 7.43. The zero-order chi connectivity index (χ0) is 7.56. The Kier molecular flexibility index (Phi) is 2.21. The van der Waals surface area contributed by atoms with Crippen LogP contribution in [0.2, 0.25) is 0 Å². The zero-order valence-corrected chi connectivity index (χ0v) is 7.03. The lowest BCUT2D eigenvalue weighted by Crippen LogP contribution is -1.89. The van der Waals surface area contributed by atoms with E-state index in [1.807, 2.05) is 22.6 Å².